The van der Waals surface area contributed by atoms with Crippen LogP contribution in [0.3, 0.4) is 0 Å². The van der Waals surface area contributed by atoms with Crippen LogP contribution in [0.25, 0.3) is 0 Å². The van der Waals surface area contributed by atoms with Crippen molar-refractivity contribution in [2.45, 2.75) is 19.1 Å². The molecule has 6 rings (SSSR count). The number of carbonyl (C=O) groups is 1. The fourth-order valence-corrected chi connectivity index (χ4v) is 7.68. The Morgan fingerprint density at radius 3 is 1.87 bits per heavy atom. The highest BCUT2D eigenvalue weighted by atomic mass is 35.5. The molecule has 1 fully saturated rings. The van der Waals surface area contributed by atoms with E-state index in [2.05, 4.69) is 0 Å². The third-order valence-corrected chi connectivity index (χ3v) is 11.0. The topological polar surface area (TPSA) is 118 Å². The van der Waals surface area contributed by atoms with Gasteiger partial charge in [0.2, 0.25) is 10.0 Å². The van der Waals surface area contributed by atoms with Crippen molar-refractivity contribution in [1.29, 1.82) is 0 Å². The number of hydrogen-bond donors (Lipinski definition) is 1. The Bertz CT molecular complexity index is 2050. The Morgan fingerprint density at radius 1 is 0.759 bits per heavy atom. The van der Waals surface area contributed by atoms with Crippen molar-refractivity contribution >= 4 is 33.3 Å². The summed E-state index contributed by atoms with van der Waals surface area (Å²) in [5.41, 5.74) is 3.00. The van der Waals surface area contributed by atoms with Crippen LogP contribution < -0.4 is 23.8 Å². The molecule has 0 saturated carbocycles. The number of sulfonamides is 1. The van der Waals surface area contributed by atoms with E-state index >= 15 is 0 Å². The summed E-state index contributed by atoms with van der Waals surface area (Å²) in [5, 5.41) is 9.90. The number of aliphatic hydroxyl groups is 1. The lowest BCUT2D eigenvalue weighted by Gasteiger charge is -2.25. The van der Waals surface area contributed by atoms with Gasteiger partial charge in [0.25, 0.3) is 0 Å². The Morgan fingerprint density at radius 2 is 1.31 bits per heavy atom. The maximum absolute atomic E-state index is 14.3. The number of hydrogen-bond acceptors (Lipinski definition) is 8. The van der Waals surface area contributed by atoms with Crippen molar-refractivity contribution in [2.75, 3.05) is 51.2 Å². The maximum atomic E-state index is 14.3. The maximum Gasteiger partial charge on any atom is 0.325 e. The lowest BCUT2D eigenvalue weighted by atomic mass is 10.1. The van der Waals surface area contributed by atoms with Crippen LogP contribution in [-0.4, -0.2) is 75.0 Å². The molecule has 1 N–H and O–H groups in total. The Labute approximate surface area is 320 Å². The number of methoxy groups -OCH3 is 2. The monoisotopic (exact) mass is 771 g/mol. The molecular weight excluding hydrogens is 730 g/mol. The lowest BCUT2D eigenvalue weighted by molar-refractivity contribution is 0.201. The molecular formula is C41H42ClN3O8S. The molecule has 1 heterocycles. The SMILES string of the molecule is COc1ccc(CN(Cc2ccc(OC)cc2)S(=O)(=O)CCN2C[C@H](c3cccc(OCCO)c3)N(c3ccc(Oc4ccc(Cl)cc4)cc3)C2=O)cc1. The van der Waals surface area contributed by atoms with Crippen LogP contribution in [0.15, 0.2) is 121 Å². The Kier molecular flexibility index (Phi) is 12.6. The first-order valence-corrected chi connectivity index (χ1v) is 19.3. The number of urea groups is 1. The van der Waals surface area contributed by atoms with Crippen LogP contribution in [0.1, 0.15) is 22.7 Å². The molecule has 0 spiro atoms. The van der Waals surface area contributed by atoms with Gasteiger partial charge in [-0.05, 0) is 102 Å². The predicted octanol–water partition coefficient (Wildman–Crippen LogP) is 7.54. The minimum absolute atomic E-state index is 0.0334. The summed E-state index contributed by atoms with van der Waals surface area (Å²) in [6.07, 6.45) is 0. The fourth-order valence-electron chi connectivity index (χ4n) is 6.15. The molecule has 11 nitrogen and oxygen atoms in total. The molecule has 5 aromatic carbocycles. The number of halogens is 1. The highest BCUT2D eigenvalue weighted by Crippen LogP contribution is 2.37. The van der Waals surface area contributed by atoms with Gasteiger partial charge in [-0.25, -0.2) is 13.2 Å². The molecule has 0 bridgehead atoms. The van der Waals surface area contributed by atoms with Gasteiger partial charge in [-0.2, -0.15) is 4.31 Å². The van der Waals surface area contributed by atoms with E-state index in [0.29, 0.717) is 39.5 Å². The number of carbonyl (C=O) groups excluding carboxylic acids is 1. The molecule has 2 amide bonds. The zero-order chi connectivity index (χ0) is 38.1. The van der Waals surface area contributed by atoms with E-state index in [1.807, 2.05) is 42.5 Å². The molecule has 0 aromatic heterocycles. The quantitative estimate of drug-likeness (QED) is 0.103. The second-order valence-corrected chi connectivity index (χ2v) is 15.1. The Balaban J connectivity index is 1.24. The summed E-state index contributed by atoms with van der Waals surface area (Å²) in [6.45, 7) is 0.447. The number of anilines is 1. The summed E-state index contributed by atoms with van der Waals surface area (Å²) >= 11 is 6.02. The number of rotatable bonds is 17. The number of amides is 2. The average molecular weight is 772 g/mol. The summed E-state index contributed by atoms with van der Waals surface area (Å²) in [6, 6.07) is 35.3. The molecule has 1 atom stereocenters. The first-order chi connectivity index (χ1) is 26.1. The summed E-state index contributed by atoms with van der Waals surface area (Å²) in [4.78, 5) is 17.5. The van der Waals surface area contributed by atoms with E-state index in [1.54, 1.807) is 103 Å². The fraction of sp³-hybridized carbons (Fsp3) is 0.244. The zero-order valence-electron chi connectivity index (χ0n) is 30.0. The normalized spacial score (nSPS) is 14.4. The van der Waals surface area contributed by atoms with Gasteiger partial charge in [-0.15, -0.1) is 0 Å². The largest absolute Gasteiger partial charge is 0.497 e. The van der Waals surface area contributed by atoms with Crippen LogP contribution in [-0.2, 0) is 23.1 Å². The molecule has 1 aliphatic heterocycles. The molecule has 0 aliphatic carbocycles. The minimum Gasteiger partial charge on any atom is -0.497 e. The molecule has 0 radical (unpaired) electrons. The molecule has 0 unspecified atom stereocenters. The standard InChI is InChI=1S/C41H42ClN3O8S/c1-50-35-14-6-30(7-15-35)27-44(28-31-8-16-36(51-2)17-9-31)54(48,49)25-22-43-29-40(32-4-3-5-39(26-32)52-24-23-46)45(41(43)47)34-12-20-38(21-13-34)53-37-18-10-33(42)11-19-37/h3-21,26,40,46H,22-25,27-29H2,1-2H3/t40-/m1/s1. The number of nitrogens with zero attached hydrogens (tertiary/aromatic N) is 3. The van der Waals surface area contributed by atoms with Crippen molar-refractivity contribution in [1.82, 2.24) is 9.21 Å². The zero-order valence-corrected chi connectivity index (χ0v) is 31.6. The molecule has 1 aliphatic rings. The number of benzene rings is 5. The van der Waals surface area contributed by atoms with Crippen molar-refractivity contribution in [3.8, 4) is 28.7 Å². The van der Waals surface area contributed by atoms with E-state index in [9.17, 15) is 18.3 Å². The molecule has 13 heteroatoms. The smallest absolute Gasteiger partial charge is 0.325 e. The number of aliphatic hydroxyl groups excluding tert-OH is 1. The average Bonchev–Trinajstić information content (AvgIpc) is 3.53. The predicted molar refractivity (Wildman–Crippen MR) is 208 cm³/mol. The molecule has 1 saturated heterocycles. The van der Waals surface area contributed by atoms with Gasteiger partial charge in [-0.1, -0.05) is 48.0 Å². The van der Waals surface area contributed by atoms with E-state index in [4.69, 9.17) is 30.5 Å². The number of ether oxygens (including phenoxy) is 4. The highest BCUT2D eigenvalue weighted by molar-refractivity contribution is 7.89. The summed E-state index contributed by atoms with van der Waals surface area (Å²) < 4.78 is 52.0. The third kappa shape index (κ3) is 9.63. The van der Waals surface area contributed by atoms with Gasteiger partial charge in [0, 0.05) is 36.9 Å². The third-order valence-electron chi connectivity index (χ3n) is 9.00. The molecule has 5 aromatic rings. The first kappa shape index (κ1) is 38.5. The van der Waals surface area contributed by atoms with E-state index in [0.717, 1.165) is 16.7 Å². The minimum atomic E-state index is -3.89. The lowest BCUT2D eigenvalue weighted by Crippen LogP contribution is -2.39. The Hall–Kier alpha value is -5.27. The second kappa shape index (κ2) is 17.7. The van der Waals surface area contributed by atoms with Crippen molar-refractivity contribution in [3.63, 3.8) is 0 Å². The summed E-state index contributed by atoms with van der Waals surface area (Å²) in [5.74, 6) is 2.78. The van der Waals surface area contributed by atoms with Crippen LogP contribution in [0.4, 0.5) is 10.5 Å². The van der Waals surface area contributed by atoms with Gasteiger partial charge in [-0.3, -0.25) is 4.90 Å². The van der Waals surface area contributed by atoms with E-state index < -0.39 is 16.1 Å². The van der Waals surface area contributed by atoms with Gasteiger partial charge >= 0.3 is 6.03 Å². The molecule has 282 valence electrons. The van der Waals surface area contributed by atoms with Gasteiger partial charge in [0.1, 0.15) is 35.4 Å². The van der Waals surface area contributed by atoms with Crippen LogP contribution >= 0.6 is 11.6 Å². The van der Waals surface area contributed by atoms with Crippen molar-refractivity contribution in [3.05, 3.63) is 143 Å². The summed E-state index contributed by atoms with van der Waals surface area (Å²) in [7, 11) is -0.734. The van der Waals surface area contributed by atoms with Crippen LogP contribution in [0, 0.1) is 0 Å². The molecule has 54 heavy (non-hydrogen) atoms. The van der Waals surface area contributed by atoms with Gasteiger partial charge in [0.15, 0.2) is 0 Å². The second-order valence-electron chi connectivity index (χ2n) is 12.6. The van der Waals surface area contributed by atoms with Crippen molar-refractivity contribution < 1.29 is 37.3 Å². The van der Waals surface area contributed by atoms with Crippen LogP contribution in [0.2, 0.25) is 5.02 Å². The highest BCUT2D eigenvalue weighted by Gasteiger charge is 2.40. The van der Waals surface area contributed by atoms with Gasteiger partial charge in [0.05, 0.1) is 32.6 Å². The van der Waals surface area contributed by atoms with E-state index in [1.165, 1.54) is 4.31 Å². The van der Waals surface area contributed by atoms with Crippen molar-refractivity contribution in [2.24, 2.45) is 0 Å². The van der Waals surface area contributed by atoms with E-state index in [-0.39, 0.29) is 51.2 Å². The van der Waals surface area contributed by atoms with Gasteiger partial charge < -0.3 is 29.0 Å². The first-order valence-electron chi connectivity index (χ1n) is 17.3. The van der Waals surface area contributed by atoms with Crippen LogP contribution in [0.5, 0.6) is 28.7 Å².